The molecule has 0 fully saturated rings. The van der Waals surface area contributed by atoms with Gasteiger partial charge in [-0.25, -0.2) is 22.8 Å². The van der Waals surface area contributed by atoms with Crippen molar-refractivity contribution in [1.29, 1.82) is 0 Å². The molecule has 1 aromatic heterocycles. The first kappa shape index (κ1) is 19.0. The Balaban J connectivity index is 2.80. The lowest BCUT2D eigenvalue weighted by Crippen LogP contribution is -2.19. The number of carbonyl (C=O) groups excluding carboxylic acids is 1. The van der Waals surface area contributed by atoms with Crippen molar-refractivity contribution in [2.75, 3.05) is 11.6 Å². The van der Waals surface area contributed by atoms with E-state index in [1.807, 2.05) is 13.8 Å². The molecule has 0 radical (unpaired) electrons. The third-order valence-electron chi connectivity index (χ3n) is 3.81. The molecule has 0 bridgehead atoms. The first-order valence-electron chi connectivity index (χ1n) is 7.77. The summed E-state index contributed by atoms with van der Waals surface area (Å²) in [5.74, 6) is -0.275. The lowest BCUT2D eigenvalue weighted by atomic mass is 10.0. The number of aromatic nitrogens is 2. The van der Waals surface area contributed by atoms with Gasteiger partial charge in [0.15, 0.2) is 6.29 Å². The third-order valence-corrected chi connectivity index (χ3v) is 4.66. The second-order valence-electron chi connectivity index (χ2n) is 5.92. The van der Waals surface area contributed by atoms with Gasteiger partial charge < -0.3 is 5.32 Å². The van der Waals surface area contributed by atoms with Gasteiger partial charge in [0.2, 0.25) is 15.0 Å². The highest BCUT2D eigenvalue weighted by Crippen LogP contribution is 2.29. The zero-order valence-electron chi connectivity index (χ0n) is 14.5. The summed E-state index contributed by atoms with van der Waals surface area (Å²) in [6.07, 6.45) is 2.33. The van der Waals surface area contributed by atoms with Crippen LogP contribution in [0.4, 0.5) is 10.2 Å². The van der Waals surface area contributed by atoms with Crippen LogP contribution in [-0.4, -0.2) is 37.0 Å². The van der Waals surface area contributed by atoms with Gasteiger partial charge >= 0.3 is 0 Å². The van der Waals surface area contributed by atoms with Crippen molar-refractivity contribution in [2.24, 2.45) is 0 Å². The Labute approximate surface area is 146 Å². The summed E-state index contributed by atoms with van der Waals surface area (Å²) in [6.45, 7) is 5.50. The average molecular weight is 365 g/mol. The minimum absolute atomic E-state index is 0.0248. The van der Waals surface area contributed by atoms with E-state index in [0.29, 0.717) is 17.4 Å². The smallest absolute Gasteiger partial charge is 0.249 e. The molecule has 0 spiro atoms. The van der Waals surface area contributed by atoms with Gasteiger partial charge in [-0.15, -0.1) is 0 Å². The second-order valence-corrected chi connectivity index (χ2v) is 7.83. The number of anilines is 1. The molecule has 1 unspecified atom stereocenters. The number of hydrogen-bond acceptors (Lipinski definition) is 6. The van der Waals surface area contributed by atoms with Crippen molar-refractivity contribution in [3.8, 4) is 11.3 Å². The quantitative estimate of drug-likeness (QED) is 0.625. The van der Waals surface area contributed by atoms with E-state index in [9.17, 15) is 17.6 Å². The van der Waals surface area contributed by atoms with Crippen LogP contribution >= 0.6 is 0 Å². The Bertz CT molecular complexity index is 914. The van der Waals surface area contributed by atoms with Crippen LogP contribution in [0.5, 0.6) is 0 Å². The Morgan fingerprint density at radius 1 is 1.32 bits per heavy atom. The molecule has 134 valence electrons. The highest BCUT2D eigenvalue weighted by atomic mass is 32.2. The maximum absolute atomic E-state index is 13.4. The molecule has 1 atom stereocenters. The number of aryl methyl sites for hydroxylation is 1. The Kier molecular flexibility index (Phi) is 5.52. The molecule has 1 heterocycles. The van der Waals surface area contributed by atoms with Crippen LogP contribution < -0.4 is 5.32 Å². The summed E-state index contributed by atoms with van der Waals surface area (Å²) in [6, 6.07) is 3.98. The number of nitrogens with one attached hydrogen (secondary N) is 1. The molecule has 1 N–H and O–H groups in total. The van der Waals surface area contributed by atoms with Gasteiger partial charge in [0, 0.05) is 17.9 Å². The number of halogens is 1. The van der Waals surface area contributed by atoms with E-state index in [1.165, 1.54) is 18.2 Å². The van der Waals surface area contributed by atoms with Crippen molar-refractivity contribution in [1.82, 2.24) is 9.97 Å². The maximum atomic E-state index is 13.4. The van der Waals surface area contributed by atoms with Gasteiger partial charge in [-0.2, -0.15) is 0 Å². The zero-order chi connectivity index (χ0) is 18.8. The molecule has 25 heavy (non-hydrogen) atoms. The fourth-order valence-electron chi connectivity index (χ4n) is 2.27. The molecule has 0 aliphatic carbocycles. The molecule has 0 amide bonds. The van der Waals surface area contributed by atoms with Crippen molar-refractivity contribution in [3.05, 3.63) is 35.1 Å². The summed E-state index contributed by atoms with van der Waals surface area (Å²) >= 11 is 0. The Morgan fingerprint density at radius 2 is 2.00 bits per heavy atom. The fraction of sp³-hybridized carbons (Fsp3) is 0.353. The van der Waals surface area contributed by atoms with Crippen LogP contribution in [0.25, 0.3) is 11.3 Å². The predicted octanol–water partition coefficient (Wildman–Crippen LogP) is 3.02. The molecule has 1 aromatic carbocycles. The van der Waals surface area contributed by atoms with E-state index < -0.39 is 15.7 Å². The number of sulfone groups is 1. The molecule has 2 aromatic rings. The van der Waals surface area contributed by atoms with Gasteiger partial charge in [0.25, 0.3) is 0 Å². The molecule has 2 rings (SSSR count). The molecule has 0 aliphatic rings. The number of carbonyl (C=O) groups is 1. The van der Waals surface area contributed by atoms with Gasteiger partial charge in [-0.3, -0.25) is 4.79 Å². The van der Waals surface area contributed by atoms with Crippen molar-refractivity contribution in [3.63, 3.8) is 0 Å². The van der Waals surface area contributed by atoms with Crippen LogP contribution in [-0.2, 0) is 9.84 Å². The highest BCUT2D eigenvalue weighted by molar-refractivity contribution is 7.90. The Morgan fingerprint density at radius 3 is 2.52 bits per heavy atom. The largest absolute Gasteiger partial charge is 0.367 e. The summed E-state index contributed by atoms with van der Waals surface area (Å²) in [5, 5.41) is 2.66. The van der Waals surface area contributed by atoms with Crippen LogP contribution in [0, 0.1) is 12.7 Å². The normalized spacial score (nSPS) is 12.7. The summed E-state index contributed by atoms with van der Waals surface area (Å²) in [4.78, 5) is 19.8. The lowest BCUT2D eigenvalue weighted by Gasteiger charge is -2.17. The average Bonchev–Trinajstić information content (AvgIpc) is 2.53. The SMILES string of the molecule is CCC(C)Nc1nc(S(C)(=O)=O)nc(-c2ccc(F)cc2C)c1C=O. The van der Waals surface area contributed by atoms with E-state index in [0.717, 1.165) is 12.7 Å². The Hall–Kier alpha value is -2.35. The van der Waals surface area contributed by atoms with E-state index in [2.05, 4.69) is 15.3 Å². The van der Waals surface area contributed by atoms with Gasteiger partial charge in [-0.05, 0) is 44.0 Å². The molecular formula is C17H20FN3O3S. The number of nitrogens with zero attached hydrogens (tertiary/aromatic N) is 2. The zero-order valence-corrected chi connectivity index (χ0v) is 15.3. The van der Waals surface area contributed by atoms with E-state index in [-0.39, 0.29) is 28.3 Å². The number of aldehydes is 1. The molecular weight excluding hydrogens is 345 g/mol. The topological polar surface area (TPSA) is 89.0 Å². The molecule has 8 heteroatoms. The van der Waals surface area contributed by atoms with Crippen molar-refractivity contribution in [2.45, 2.75) is 38.4 Å². The summed E-state index contributed by atoms with van der Waals surface area (Å²) in [7, 11) is -3.70. The number of rotatable bonds is 6. The van der Waals surface area contributed by atoms with Gasteiger partial charge in [0.05, 0.1) is 11.3 Å². The van der Waals surface area contributed by atoms with E-state index in [1.54, 1.807) is 6.92 Å². The highest BCUT2D eigenvalue weighted by Gasteiger charge is 2.22. The molecule has 0 saturated carbocycles. The summed E-state index contributed by atoms with van der Waals surface area (Å²) < 4.78 is 37.3. The van der Waals surface area contributed by atoms with Crippen LogP contribution in [0.3, 0.4) is 0 Å². The first-order chi connectivity index (χ1) is 11.7. The first-order valence-corrected chi connectivity index (χ1v) is 9.66. The number of benzene rings is 1. The van der Waals surface area contributed by atoms with E-state index in [4.69, 9.17) is 0 Å². The maximum Gasteiger partial charge on any atom is 0.249 e. The van der Waals surface area contributed by atoms with Gasteiger partial charge in [0.1, 0.15) is 11.6 Å². The molecule has 0 aliphatic heterocycles. The minimum atomic E-state index is -3.70. The fourth-order valence-corrected chi connectivity index (χ4v) is 2.78. The van der Waals surface area contributed by atoms with Crippen molar-refractivity contribution >= 4 is 21.9 Å². The predicted molar refractivity (Wildman–Crippen MR) is 94.0 cm³/mol. The standard InChI is InChI=1S/C17H20FN3O3S/c1-5-11(3)19-16-14(9-22)15(20-17(21-16)25(4,23)24)13-7-6-12(18)8-10(13)2/h6-9,11H,5H2,1-4H3,(H,19,20,21). The molecule has 6 nitrogen and oxygen atoms in total. The monoisotopic (exact) mass is 365 g/mol. The lowest BCUT2D eigenvalue weighted by molar-refractivity contribution is 0.112. The van der Waals surface area contributed by atoms with Crippen LogP contribution in [0.1, 0.15) is 36.2 Å². The molecule has 0 saturated heterocycles. The minimum Gasteiger partial charge on any atom is -0.367 e. The van der Waals surface area contributed by atoms with Crippen LogP contribution in [0.15, 0.2) is 23.4 Å². The van der Waals surface area contributed by atoms with Gasteiger partial charge in [-0.1, -0.05) is 6.92 Å². The second kappa shape index (κ2) is 7.26. The van der Waals surface area contributed by atoms with E-state index >= 15 is 0 Å². The number of hydrogen-bond donors (Lipinski definition) is 1. The van der Waals surface area contributed by atoms with Crippen LogP contribution in [0.2, 0.25) is 0 Å². The van der Waals surface area contributed by atoms with Crippen molar-refractivity contribution < 1.29 is 17.6 Å². The third kappa shape index (κ3) is 4.19. The summed E-state index contributed by atoms with van der Waals surface area (Å²) in [5.41, 5.74) is 1.31.